The summed E-state index contributed by atoms with van der Waals surface area (Å²) in [5, 5.41) is 0. The summed E-state index contributed by atoms with van der Waals surface area (Å²) in [5.41, 5.74) is 0.450. The Morgan fingerprint density at radius 1 is 0.872 bits per heavy atom. The smallest absolute Gasteiger partial charge is 0.343 e. The Labute approximate surface area is 234 Å². The first-order chi connectivity index (χ1) is 19.0. The molecule has 1 atom stereocenters. The molecule has 0 saturated heterocycles. The van der Waals surface area contributed by atoms with Crippen LogP contribution in [0.2, 0.25) is 0 Å². The van der Waals surface area contributed by atoms with Crippen LogP contribution in [0.15, 0.2) is 61.2 Å². The number of unbranched alkanes of at least 4 members (excludes halogenated alkanes) is 3. The van der Waals surface area contributed by atoms with Gasteiger partial charge in [-0.2, -0.15) is 0 Å². The Hall–Kier alpha value is -3.08. The highest BCUT2D eigenvalue weighted by molar-refractivity contribution is 5.91. The molecule has 5 nitrogen and oxygen atoms in total. The number of carbonyl (C=O) groups excluding carboxylic acids is 2. The second kappa shape index (κ2) is 16.8. The van der Waals surface area contributed by atoms with Crippen LogP contribution < -0.4 is 14.2 Å². The molecule has 0 aliphatic heterocycles. The summed E-state index contributed by atoms with van der Waals surface area (Å²) in [4.78, 5) is 25.2. The van der Waals surface area contributed by atoms with Gasteiger partial charge >= 0.3 is 11.9 Å². The van der Waals surface area contributed by atoms with E-state index in [1.807, 2.05) is 6.08 Å². The zero-order chi connectivity index (χ0) is 27.9. The third-order valence-electron chi connectivity index (χ3n) is 7.85. The van der Waals surface area contributed by atoms with Crippen molar-refractivity contribution in [1.29, 1.82) is 0 Å². The quantitative estimate of drug-likeness (QED) is 0.0931. The highest BCUT2D eigenvalue weighted by Crippen LogP contribution is 2.33. The first kappa shape index (κ1) is 30.5. The molecule has 1 saturated carbocycles. The van der Waals surface area contributed by atoms with Crippen molar-refractivity contribution in [1.82, 2.24) is 0 Å². The summed E-state index contributed by atoms with van der Waals surface area (Å²) in [6, 6.07) is 13.7. The van der Waals surface area contributed by atoms with E-state index in [2.05, 4.69) is 20.4 Å². The Morgan fingerprint density at radius 3 is 2.15 bits per heavy atom. The average Bonchev–Trinajstić information content (AvgIpc) is 2.96. The molecule has 5 heteroatoms. The van der Waals surface area contributed by atoms with Gasteiger partial charge in [0.25, 0.3) is 0 Å². The lowest BCUT2D eigenvalue weighted by molar-refractivity contribution is -0.140. The van der Waals surface area contributed by atoms with Crippen molar-refractivity contribution >= 4 is 11.9 Å². The van der Waals surface area contributed by atoms with Crippen molar-refractivity contribution < 1.29 is 23.8 Å². The molecular weight excluding hydrogens is 488 g/mol. The van der Waals surface area contributed by atoms with Crippen LogP contribution in [0, 0.1) is 17.8 Å². The molecule has 2 aromatic carbocycles. The Bertz CT molecular complexity index is 1000. The number of rotatable bonds is 16. The van der Waals surface area contributed by atoms with Gasteiger partial charge in [0, 0.05) is 0 Å². The second-order valence-corrected chi connectivity index (χ2v) is 11.0. The van der Waals surface area contributed by atoms with Crippen LogP contribution in [0.1, 0.15) is 101 Å². The molecule has 1 aliphatic carbocycles. The maximum atomic E-state index is 12.6. The van der Waals surface area contributed by atoms with E-state index >= 15 is 0 Å². The Balaban J connectivity index is 1.36. The third-order valence-corrected chi connectivity index (χ3v) is 7.85. The van der Waals surface area contributed by atoms with E-state index in [0.29, 0.717) is 29.6 Å². The van der Waals surface area contributed by atoms with E-state index in [4.69, 9.17) is 14.2 Å². The largest absolute Gasteiger partial charge is 0.494 e. The molecule has 0 radical (unpaired) electrons. The highest BCUT2D eigenvalue weighted by atomic mass is 16.5. The summed E-state index contributed by atoms with van der Waals surface area (Å²) in [5.74, 6) is 2.47. The van der Waals surface area contributed by atoms with Gasteiger partial charge in [-0.1, -0.05) is 52.0 Å². The van der Waals surface area contributed by atoms with Crippen LogP contribution in [0.25, 0.3) is 0 Å². The van der Waals surface area contributed by atoms with Gasteiger partial charge in [0.15, 0.2) is 0 Å². The molecule has 0 heterocycles. The molecule has 0 aromatic heterocycles. The summed E-state index contributed by atoms with van der Waals surface area (Å²) in [7, 11) is 0. The third kappa shape index (κ3) is 10.9. The molecular formula is C34H46O5. The van der Waals surface area contributed by atoms with Crippen molar-refractivity contribution in [2.24, 2.45) is 17.8 Å². The Kier molecular flexibility index (Phi) is 13.1. The van der Waals surface area contributed by atoms with Gasteiger partial charge in [-0.25, -0.2) is 4.79 Å². The number of carbonyl (C=O) groups is 2. The molecule has 1 aliphatic rings. The summed E-state index contributed by atoms with van der Waals surface area (Å²) in [6.07, 6.45) is 15.3. The number of hydrogen-bond acceptors (Lipinski definition) is 5. The molecule has 1 fully saturated rings. The minimum atomic E-state index is -0.443. The van der Waals surface area contributed by atoms with Gasteiger partial charge in [-0.3, -0.25) is 4.79 Å². The van der Waals surface area contributed by atoms with Gasteiger partial charge in [-0.15, -0.1) is 6.58 Å². The molecule has 2 aromatic rings. The lowest BCUT2D eigenvalue weighted by Gasteiger charge is -2.27. The van der Waals surface area contributed by atoms with E-state index in [0.717, 1.165) is 50.2 Å². The van der Waals surface area contributed by atoms with Crippen molar-refractivity contribution in [3.05, 3.63) is 66.7 Å². The minimum Gasteiger partial charge on any atom is -0.494 e. The lowest BCUT2D eigenvalue weighted by atomic mass is 9.80. The fourth-order valence-electron chi connectivity index (χ4n) is 5.03. The fraction of sp³-hybridized carbons (Fsp3) is 0.529. The number of ether oxygens (including phenoxy) is 3. The van der Waals surface area contributed by atoms with Gasteiger partial charge in [0.2, 0.25) is 0 Å². The maximum absolute atomic E-state index is 12.6. The van der Waals surface area contributed by atoms with Crippen molar-refractivity contribution in [3.63, 3.8) is 0 Å². The van der Waals surface area contributed by atoms with Gasteiger partial charge in [0.05, 0.1) is 18.1 Å². The van der Waals surface area contributed by atoms with E-state index in [1.165, 1.54) is 38.5 Å². The molecule has 0 amide bonds. The van der Waals surface area contributed by atoms with Crippen molar-refractivity contribution in [2.75, 3.05) is 6.61 Å². The molecule has 3 rings (SSSR count). The summed E-state index contributed by atoms with van der Waals surface area (Å²) < 4.78 is 16.9. The van der Waals surface area contributed by atoms with E-state index in [9.17, 15) is 9.59 Å². The lowest BCUT2D eigenvalue weighted by Crippen LogP contribution is -2.25. The topological polar surface area (TPSA) is 61.8 Å². The van der Waals surface area contributed by atoms with Gasteiger partial charge in [0.1, 0.15) is 17.2 Å². The Morgan fingerprint density at radius 2 is 1.51 bits per heavy atom. The molecule has 0 N–H and O–H groups in total. The standard InChI is InChI=1S/C34H46O5/c1-4-6-8-12-27-13-15-28(16-14-27)33(35)38-31-21-23-32(24-22-31)39-34(36)29-17-19-30(20-18-29)37-25-10-7-9-11-26(3)5-2/h4,17-24,26-28H,1,5-16,25H2,2-3H3/t26-,27-,28-/m0/s1. The van der Waals surface area contributed by atoms with E-state index in [-0.39, 0.29) is 11.9 Å². The number of hydrogen-bond donors (Lipinski definition) is 0. The molecule has 212 valence electrons. The molecule has 0 spiro atoms. The van der Waals surface area contributed by atoms with Crippen LogP contribution in [-0.2, 0) is 4.79 Å². The molecule has 0 unspecified atom stereocenters. The van der Waals surface area contributed by atoms with Crippen molar-refractivity contribution in [3.8, 4) is 17.2 Å². The van der Waals surface area contributed by atoms with Gasteiger partial charge in [-0.05, 0) is 105 Å². The number of benzene rings is 2. The van der Waals surface area contributed by atoms with E-state index < -0.39 is 5.97 Å². The zero-order valence-electron chi connectivity index (χ0n) is 23.9. The van der Waals surface area contributed by atoms with Crippen LogP contribution >= 0.6 is 0 Å². The summed E-state index contributed by atoms with van der Waals surface area (Å²) in [6.45, 7) is 9.00. The average molecular weight is 535 g/mol. The fourth-order valence-corrected chi connectivity index (χ4v) is 5.03. The second-order valence-electron chi connectivity index (χ2n) is 11.0. The minimum absolute atomic E-state index is 0.0419. The highest BCUT2D eigenvalue weighted by Gasteiger charge is 2.27. The van der Waals surface area contributed by atoms with Crippen LogP contribution in [0.3, 0.4) is 0 Å². The monoisotopic (exact) mass is 534 g/mol. The predicted molar refractivity (Wildman–Crippen MR) is 156 cm³/mol. The van der Waals surface area contributed by atoms with Crippen LogP contribution in [0.4, 0.5) is 0 Å². The van der Waals surface area contributed by atoms with Crippen molar-refractivity contribution in [2.45, 2.75) is 90.9 Å². The first-order valence-corrected chi connectivity index (χ1v) is 14.9. The first-order valence-electron chi connectivity index (χ1n) is 14.9. The maximum Gasteiger partial charge on any atom is 0.343 e. The number of esters is 2. The van der Waals surface area contributed by atoms with Crippen LogP contribution in [-0.4, -0.2) is 18.5 Å². The molecule has 0 bridgehead atoms. The SMILES string of the molecule is C=CCCC[C@H]1CC[C@H](C(=O)Oc2ccc(OC(=O)c3ccc(OCCCCC[C@@H](C)CC)cc3)cc2)CC1. The number of allylic oxidation sites excluding steroid dienone is 1. The summed E-state index contributed by atoms with van der Waals surface area (Å²) >= 11 is 0. The van der Waals surface area contributed by atoms with Gasteiger partial charge < -0.3 is 14.2 Å². The molecule has 39 heavy (non-hydrogen) atoms. The normalized spacial score (nSPS) is 17.7. The van der Waals surface area contributed by atoms with Crippen LogP contribution in [0.5, 0.6) is 17.2 Å². The zero-order valence-corrected chi connectivity index (χ0v) is 23.9. The predicted octanol–water partition coefficient (Wildman–Crippen LogP) is 8.96. The van der Waals surface area contributed by atoms with E-state index in [1.54, 1.807) is 48.5 Å².